The van der Waals surface area contributed by atoms with E-state index in [2.05, 4.69) is 33.8 Å². The van der Waals surface area contributed by atoms with Gasteiger partial charge in [-0.3, -0.25) is 0 Å². The molecular weight excluding hydrogens is 270 g/mol. The van der Waals surface area contributed by atoms with Crippen LogP contribution in [0.5, 0.6) is 0 Å². The van der Waals surface area contributed by atoms with Gasteiger partial charge in [-0.2, -0.15) is 0 Å². The maximum Gasteiger partial charge on any atom is 0.249 e. The molecule has 4 heteroatoms. The number of aromatic nitrogens is 1. The molecular formula is C17H26F2N2. The highest BCUT2D eigenvalue weighted by molar-refractivity contribution is 5.50. The minimum absolute atomic E-state index is 0.0134. The molecule has 2 rings (SSSR count). The van der Waals surface area contributed by atoms with E-state index in [0.29, 0.717) is 19.5 Å². The van der Waals surface area contributed by atoms with E-state index in [-0.39, 0.29) is 18.3 Å². The summed E-state index contributed by atoms with van der Waals surface area (Å²) < 4.78 is 27.1. The summed E-state index contributed by atoms with van der Waals surface area (Å²) in [6.07, 6.45) is 0.431. The zero-order valence-corrected chi connectivity index (χ0v) is 13.8. The fourth-order valence-electron chi connectivity index (χ4n) is 3.09. The summed E-state index contributed by atoms with van der Waals surface area (Å²) >= 11 is 0. The second-order valence-corrected chi connectivity index (χ2v) is 7.24. The Bertz CT molecular complexity index is 518. The Morgan fingerprint density at radius 2 is 1.76 bits per heavy atom. The van der Waals surface area contributed by atoms with Crippen molar-refractivity contribution in [3.63, 3.8) is 0 Å². The van der Waals surface area contributed by atoms with Crippen LogP contribution in [0.1, 0.15) is 56.9 Å². The Labute approximate surface area is 126 Å². The van der Waals surface area contributed by atoms with E-state index in [0.717, 1.165) is 17.1 Å². The third-order valence-electron chi connectivity index (χ3n) is 4.10. The van der Waals surface area contributed by atoms with Crippen molar-refractivity contribution in [1.29, 1.82) is 0 Å². The van der Waals surface area contributed by atoms with Crippen molar-refractivity contribution in [2.45, 2.75) is 65.2 Å². The molecule has 1 aliphatic rings. The third kappa shape index (κ3) is 3.72. The fraction of sp³-hybridized carbons (Fsp3) is 0.706. The first-order valence-electron chi connectivity index (χ1n) is 7.72. The lowest BCUT2D eigenvalue weighted by molar-refractivity contribution is -0.0102. The van der Waals surface area contributed by atoms with Gasteiger partial charge in [0.25, 0.3) is 0 Å². The van der Waals surface area contributed by atoms with Gasteiger partial charge in [-0.05, 0) is 31.4 Å². The third-order valence-corrected chi connectivity index (χ3v) is 4.10. The number of halogens is 2. The zero-order chi connectivity index (χ0) is 15.8. The van der Waals surface area contributed by atoms with Gasteiger partial charge in [-0.25, -0.2) is 13.8 Å². The van der Waals surface area contributed by atoms with E-state index in [4.69, 9.17) is 4.98 Å². The van der Waals surface area contributed by atoms with Gasteiger partial charge < -0.3 is 4.90 Å². The van der Waals surface area contributed by atoms with Crippen molar-refractivity contribution in [2.75, 3.05) is 18.0 Å². The molecule has 0 N–H and O–H groups in total. The number of pyridine rings is 1. The number of hydrogen-bond donors (Lipinski definition) is 0. The number of rotatable bonds is 1. The van der Waals surface area contributed by atoms with E-state index in [9.17, 15) is 8.78 Å². The van der Waals surface area contributed by atoms with Gasteiger partial charge in [0.1, 0.15) is 5.82 Å². The molecule has 1 aliphatic heterocycles. The van der Waals surface area contributed by atoms with Crippen LogP contribution in [0.2, 0.25) is 0 Å². The van der Waals surface area contributed by atoms with E-state index < -0.39 is 5.92 Å². The van der Waals surface area contributed by atoms with Crippen LogP contribution in [0.25, 0.3) is 0 Å². The molecule has 1 aromatic rings. The van der Waals surface area contributed by atoms with Crippen LogP contribution in [-0.2, 0) is 5.41 Å². The topological polar surface area (TPSA) is 16.1 Å². The summed E-state index contributed by atoms with van der Waals surface area (Å²) in [7, 11) is 0. The molecule has 1 aromatic heterocycles. The van der Waals surface area contributed by atoms with Crippen molar-refractivity contribution < 1.29 is 8.78 Å². The van der Waals surface area contributed by atoms with E-state index >= 15 is 0 Å². The number of hydrogen-bond acceptors (Lipinski definition) is 2. The highest BCUT2D eigenvalue weighted by Crippen LogP contribution is 2.32. The molecule has 0 bridgehead atoms. The first kappa shape index (κ1) is 16.2. The smallest absolute Gasteiger partial charge is 0.249 e. The van der Waals surface area contributed by atoms with Crippen LogP contribution >= 0.6 is 0 Å². The van der Waals surface area contributed by atoms with Crippen LogP contribution in [0.3, 0.4) is 0 Å². The number of anilines is 1. The molecule has 0 radical (unpaired) electrons. The summed E-state index contributed by atoms with van der Waals surface area (Å²) in [6.45, 7) is 11.5. The Balaban J connectivity index is 2.35. The molecule has 0 aliphatic carbocycles. The molecule has 1 saturated heterocycles. The molecule has 0 aromatic carbocycles. The summed E-state index contributed by atoms with van der Waals surface area (Å²) in [5.41, 5.74) is 3.26. The quantitative estimate of drug-likeness (QED) is 0.751. The average Bonchev–Trinajstić information content (AvgIpc) is 2.49. The summed E-state index contributed by atoms with van der Waals surface area (Å²) in [5, 5.41) is 0. The lowest BCUT2D eigenvalue weighted by Crippen LogP contribution is -2.29. The molecule has 118 valence electrons. The minimum atomic E-state index is -2.53. The van der Waals surface area contributed by atoms with Gasteiger partial charge in [0.2, 0.25) is 5.92 Å². The second kappa shape index (κ2) is 5.54. The number of aryl methyl sites for hydroxylation is 2. The molecule has 0 saturated carbocycles. The fourth-order valence-corrected chi connectivity index (χ4v) is 3.09. The molecule has 0 spiro atoms. The van der Waals surface area contributed by atoms with Crippen molar-refractivity contribution >= 4 is 5.82 Å². The molecule has 2 nitrogen and oxygen atoms in total. The maximum absolute atomic E-state index is 13.5. The largest absolute Gasteiger partial charge is 0.356 e. The van der Waals surface area contributed by atoms with Crippen molar-refractivity contribution in [1.82, 2.24) is 4.98 Å². The zero-order valence-electron chi connectivity index (χ0n) is 13.8. The van der Waals surface area contributed by atoms with Gasteiger partial charge in [0.15, 0.2) is 0 Å². The minimum Gasteiger partial charge on any atom is -0.356 e. The molecule has 21 heavy (non-hydrogen) atoms. The van der Waals surface area contributed by atoms with Crippen molar-refractivity contribution in [3.8, 4) is 0 Å². The predicted octanol–water partition coefficient (Wildman–Crippen LogP) is 4.62. The van der Waals surface area contributed by atoms with E-state index in [1.807, 2.05) is 11.8 Å². The summed E-state index contributed by atoms with van der Waals surface area (Å²) in [6, 6.07) is 2.13. The van der Waals surface area contributed by atoms with Gasteiger partial charge in [0.05, 0.1) is 5.69 Å². The van der Waals surface area contributed by atoms with Crippen LogP contribution in [0.4, 0.5) is 14.6 Å². The predicted molar refractivity (Wildman–Crippen MR) is 83.4 cm³/mol. The molecule has 1 fully saturated rings. The van der Waals surface area contributed by atoms with Crippen LogP contribution in [-0.4, -0.2) is 24.0 Å². The summed E-state index contributed by atoms with van der Waals surface area (Å²) in [5.74, 6) is -1.65. The first-order chi connectivity index (χ1) is 9.60. The van der Waals surface area contributed by atoms with Crippen LogP contribution < -0.4 is 4.90 Å². The lowest BCUT2D eigenvalue weighted by atomic mass is 9.88. The molecule has 0 atom stereocenters. The second-order valence-electron chi connectivity index (χ2n) is 7.24. The van der Waals surface area contributed by atoms with E-state index in [1.54, 1.807) is 0 Å². The molecule has 0 unspecified atom stereocenters. The van der Waals surface area contributed by atoms with Gasteiger partial charge in [-0.15, -0.1) is 0 Å². The highest BCUT2D eigenvalue weighted by atomic mass is 19.3. The number of nitrogens with zero attached hydrogens (tertiary/aromatic N) is 2. The maximum atomic E-state index is 13.5. The van der Waals surface area contributed by atoms with E-state index in [1.165, 1.54) is 5.56 Å². The van der Waals surface area contributed by atoms with Crippen LogP contribution in [0, 0.1) is 13.8 Å². The standard InChI is InChI=1S/C17H26F2N2/c1-12-11-13(2)15(20-14(12)16(3,4)5)21-9-6-7-17(18,19)8-10-21/h11H,6-10H2,1-5H3. The SMILES string of the molecule is Cc1cc(C)c(C(C)(C)C)nc1N1CCCC(F)(F)CC1. The Morgan fingerprint density at radius 1 is 1.10 bits per heavy atom. The Hall–Kier alpha value is -1.19. The van der Waals surface area contributed by atoms with Crippen LogP contribution in [0.15, 0.2) is 6.07 Å². The normalized spacial score (nSPS) is 19.5. The summed E-state index contributed by atoms with van der Waals surface area (Å²) in [4.78, 5) is 6.87. The Kier molecular flexibility index (Phi) is 4.27. The molecule has 0 amide bonds. The highest BCUT2D eigenvalue weighted by Gasteiger charge is 2.32. The Morgan fingerprint density at radius 3 is 2.38 bits per heavy atom. The van der Waals surface area contributed by atoms with Crippen molar-refractivity contribution in [2.24, 2.45) is 0 Å². The average molecular weight is 296 g/mol. The van der Waals surface area contributed by atoms with Gasteiger partial charge in [-0.1, -0.05) is 26.8 Å². The van der Waals surface area contributed by atoms with Crippen molar-refractivity contribution in [3.05, 3.63) is 22.9 Å². The lowest BCUT2D eigenvalue weighted by Gasteiger charge is -2.28. The molecule has 2 heterocycles. The van der Waals surface area contributed by atoms with Gasteiger partial charge in [0, 0.05) is 31.3 Å². The monoisotopic (exact) mass is 296 g/mol. The van der Waals surface area contributed by atoms with Gasteiger partial charge >= 0.3 is 0 Å². The first-order valence-corrected chi connectivity index (χ1v) is 7.72. The number of alkyl halides is 2.